The Balaban J connectivity index is 1.54. The van der Waals surface area contributed by atoms with Crippen LogP contribution in [0.3, 0.4) is 0 Å². The van der Waals surface area contributed by atoms with Gasteiger partial charge in [-0.1, -0.05) is 23.4 Å². The van der Waals surface area contributed by atoms with Crippen molar-refractivity contribution in [3.05, 3.63) is 60.3 Å². The Bertz CT molecular complexity index is 1030. The van der Waals surface area contributed by atoms with Gasteiger partial charge in [0.15, 0.2) is 11.5 Å². The van der Waals surface area contributed by atoms with Gasteiger partial charge in [-0.3, -0.25) is 0 Å². The largest absolute Gasteiger partial charge is 0.494 e. The smallest absolute Gasteiger partial charge is 0.207 e. The average Bonchev–Trinajstić information content (AvgIpc) is 3.30. The van der Waals surface area contributed by atoms with Gasteiger partial charge in [-0.2, -0.15) is 9.36 Å². The summed E-state index contributed by atoms with van der Waals surface area (Å²) < 4.78 is 11.7. The molecule has 0 spiro atoms. The maximum atomic E-state index is 5.45. The van der Waals surface area contributed by atoms with Crippen molar-refractivity contribution in [1.82, 2.24) is 24.4 Å². The number of hydrogen-bond donors (Lipinski definition) is 1. The van der Waals surface area contributed by atoms with E-state index < -0.39 is 0 Å². The summed E-state index contributed by atoms with van der Waals surface area (Å²) in [4.78, 5) is 4.55. The molecule has 2 aromatic carbocycles. The minimum atomic E-state index is 0.563. The van der Waals surface area contributed by atoms with Crippen LogP contribution in [-0.2, 0) is 0 Å². The first kappa shape index (κ1) is 17.2. The van der Waals surface area contributed by atoms with Crippen molar-refractivity contribution in [1.29, 1.82) is 0 Å². The molecule has 0 aliphatic heterocycles. The van der Waals surface area contributed by atoms with Gasteiger partial charge in [0.05, 0.1) is 18.0 Å². The summed E-state index contributed by atoms with van der Waals surface area (Å²) in [5.41, 5.74) is 3.45. The van der Waals surface area contributed by atoms with E-state index in [2.05, 4.69) is 25.0 Å². The number of hydrogen-bond acceptors (Lipinski definition) is 7. The standard InChI is InChI=1S/C19H18N6OS/c1-3-26-16-11-9-14(10-12-16)20-19-21-18(23-27-19)17-13(2)25(24-22-17)15-7-5-4-6-8-15/h4-12H,3H2,1-2H3,(H,20,21,23). The zero-order valence-electron chi connectivity index (χ0n) is 15.0. The Kier molecular flexibility index (Phi) is 4.80. The third-order valence-corrected chi connectivity index (χ3v) is 4.58. The molecule has 0 radical (unpaired) electrons. The van der Waals surface area contributed by atoms with Crippen LogP contribution in [0.25, 0.3) is 17.2 Å². The molecule has 8 heteroatoms. The number of benzene rings is 2. The van der Waals surface area contributed by atoms with Gasteiger partial charge in [0.1, 0.15) is 5.75 Å². The van der Waals surface area contributed by atoms with E-state index in [0.717, 1.165) is 22.8 Å². The summed E-state index contributed by atoms with van der Waals surface area (Å²) >= 11 is 1.29. The molecular formula is C19H18N6OS. The van der Waals surface area contributed by atoms with E-state index in [1.807, 2.05) is 68.4 Å². The van der Waals surface area contributed by atoms with Crippen molar-refractivity contribution in [2.24, 2.45) is 0 Å². The fourth-order valence-corrected chi connectivity index (χ4v) is 3.24. The lowest BCUT2D eigenvalue weighted by atomic mass is 10.3. The fourth-order valence-electron chi connectivity index (χ4n) is 2.65. The van der Waals surface area contributed by atoms with Crippen LogP contribution in [0, 0.1) is 6.92 Å². The summed E-state index contributed by atoms with van der Waals surface area (Å²) in [5.74, 6) is 1.40. The first-order chi connectivity index (χ1) is 13.2. The van der Waals surface area contributed by atoms with Gasteiger partial charge in [-0.15, -0.1) is 5.10 Å². The Morgan fingerprint density at radius 2 is 1.85 bits per heavy atom. The monoisotopic (exact) mass is 378 g/mol. The van der Waals surface area contributed by atoms with E-state index in [-0.39, 0.29) is 0 Å². The zero-order valence-corrected chi connectivity index (χ0v) is 15.8. The Hall–Kier alpha value is -3.26. The van der Waals surface area contributed by atoms with Crippen LogP contribution < -0.4 is 10.1 Å². The number of ether oxygens (including phenoxy) is 1. The Morgan fingerprint density at radius 3 is 2.59 bits per heavy atom. The van der Waals surface area contributed by atoms with Crippen molar-refractivity contribution in [3.8, 4) is 23.0 Å². The highest BCUT2D eigenvalue weighted by Gasteiger charge is 2.16. The summed E-state index contributed by atoms with van der Waals surface area (Å²) in [6.07, 6.45) is 0. The molecule has 0 aliphatic carbocycles. The predicted molar refractivity (Wildman–Crippen MR) is 106 cm³/mol. The fraction of sp³-hybridized carbons (Fsp3) is 0.158. The SMILES string of the molecule is CCOc1ccc(Nc2nc(-c3nnn(-c4ccccc4)c3C)ns2)cc1. The Labute approximate surface area is 160 Å². The molecule has 2 heterocycles. The van der Waals surface area contributed by atoms with Crippen molar-refractivity contribution in [2.75, 3.05) is 11.9 Å². The molecule has 4 aromatic rings. The lowest BCUT2D eigenvalue weighted by molar-refractivity contribution is 0.340. The van der Waals surface area contributed by atoms with Crippen LogP contribution in [0.2, 0.25) is 0 Å². The number of anilines is 2. The second kappa shape index (κ2) is 7.55. The van der Waals surface area contributed by atoms with Crippen molar-refractivity contribution < 1.29 is 4.74 Å². The van der Waals surface area contributed by atoms with E-state index >= 15 is 0 Å². The molecule has 0 bridgehead atoms. The number of para-hydroxylation sites is 1. The van der Waals surface area contributed by atoms with Crippen LogP contribution in [0.5, 0.6) is 5.75 Å². The number of nitrogens with zero attached hydrogens (tertiary/aromatic N) is 5. The van der Waals surface area contributed by atoms with Crippen molar-refractivity contribution in [3.63, 3.8) is 0 Å². The van der Waals surface area contributed by atoms with Crippen LogP contribution in [0.15, 0.2) is 54.6 Å². The molecule has 136 valence electrons. The van der Waals surface area contributed by atoms with Gasteiger partial charge in [0.25, 0.3) is 0 Å². The molecule has 27 heavy (non-hydrogen) atoms. The maximum Gasteiger partial charge on any atom is 0.207 e. The number of aromatic nitrogens is 5. The number of rotatable bonds is 6. The van der Waals surface area contributed by atoms with Crippen LogP contribution in [-0.4, -0.2) is 31.0 Å². The second-order valence-electron chi connectivity index (χ2n) is 5.78. The highest BCUT2D eigenvalue weighted by molar-refractivity contribution is 7.09. The van der Waals surface area contributed by atoms with Crippen LogP contribution >= 0.6 is 11.5 Å². The molecule has 0 unspecified atom stereocenters. The molecule has 7 nitrogen and oxygen atoms in total. The van der Waals surface area contributed by atoms with Gasteiger partial charge >= 0.3 is 0 Å². The van der Waals surface area contributed by atoms with Gasteiger partial charge in [0, 0.05) is 17.2 Å². The average molecular weight is 378 g/mol. The Morgan fingerprint density at radius 1 is 1.07 bits per heavy atom. The highest BCUT2D eigenvalue weighted by Crippen LogP contribution is 2.26. The van der Waals surface area contributed by atoms with E-state index in [4.69, 9.17) is 4.74 Å². The summed E-state index contributed by atoms with van der Waals surface area (Å²) in [6.45, 7) is 4.57. The van der Waals surface area contributed by atoms with E-state index in [1.54, 1.807) is 4.68 Å². The third kappa shape index (κ3) is 3.65. The maximum absolute atomic E-state index is 5.45. The van der Waals surface area contributed by atoms with E-state index in [1.165, 1.54) is 11.5 Å². The topological polar surface area (TPSA) is 77.8 Å². The van der Waals surface area contributed by atoms with E-state index in [0.29, 0.717) is 23.3 Å². The molecule has 0 aliphatic rings. The van der Waals surface area contributed by atoms with Crippen LogP contribution in [0.4, 0.5) is 10.8 Å². The highest BCUT2D eigenvalue weighted by atomic mass is 32.1. The summed E-state index contributed by atoms with van der Waals surface area (Å²) in [7, 11) is 0. The molecule has 0 amide bonds. The van der Waals surface area contributed by atoms with Crippen molar-refractivity contribution in [2.45, 2.75) is 13.8 Å². The normalized spacial score (nSPS) is 10.7. The van der Waals surface area contributed by atoms with Gasteiger partial charge in [-0.05, 0) is 50.2 Å². The van der Waals surface area contributed by atoms with Gasteiger partial charge in [-0.25, -0.2) is 4.68 Å². The van der Waals surface area contributed by atoms with Crippen molar-refractivity contribution >= 4 is 22.4 Å². The molecule has 4 rings (SSSR count). The lowest BCUT2D eigenvalue weighted by Gasteiger charge is -2.05. The minimum absolute atomic E-state index is 0.563. The molecule has 2 aromatic heterocycles. The number of nitrogens with one attached hydrogen (secondary N) is 1. The first-order valence-corrected chi connectivity index (χ1v) is 9.33. The first-order valence-electron chi connectivity index (χ1n) is 8.56. The molecular weight excluding hydrogens is 360 g/mol. The molecule has 0 fully saturated rings. The second-order valence-corrected chi connectivity index (χ2v) is 6.53. The lowest BCUT2D eigenvalue weighted by Crippen LogP contribution is -1.98. The summed E-state index contributed by atoms with van der Waals surface area (Å²) in [6, 6.07) is 17.6. The molecule has 0 saturated heterocycles. The summed E-state index contributed by atoms with van der Waals surface area (Å²) in [5, 5.41) is 12.5. The van der Waals surface area contributed by atoms with Crippen LogP contribution in [0.1, 0.15) is 12.6 Å². The predicted octanol–water partition coefficient (Wildman–Crippen LogP) is 4.24. The quantitative estimate of drug-likeness (QED) is 0.541. The zero-order chi connectivity index (χ0) is 18.6. The minimum Gasteiger partial charge on any atom is -0.494 e. The van der Waals surface area contributed by atoms with Gasteiger partial charge in [0.2, 0.25) is 5.13 Å². The molecule has 1 N–H and O–H groups in total. The molecule has 0 atom stereocenters. The third-order valence-electron chi connectivity index (χ3n) is 3.95. The van der Waals surface area contributed by atoms with Gasteiger partial charge < -0.3 is 10.1 Å². The molecule has 0 saturated carbocycles. The van der Waals surface area contributed by atoms with E-state index in [9.17, 15) is 0 Å².